The molecule has 186 valence electrons. The Bertz CT molecular complexity index is 1250. The van der Waals surface area contributed by atoms with Crippen LogP contribution in [-0.4, -0.2) is 52.6 Å². The molecule has 4 rings (SSSR count). The fourth-order valence-electron chi connectivity index (χ4n) is 4.10. The molecule has 2 aromatic carbocycles. The highest BCUT2D eigenvalue weighted by Gasteiger charge is 2.53. The van der Waals surface area contributed by atoms with Crippen molar-refractivity contribution in [2.45, 2.75) is 18.4 Å². The number of benzene rings is 2. The zero-order chi connectivity index (χ0) is 25.7. The van der Waals surface area contributed by atoms with Crippen LogP contribution in [0.5, 0.6) is 11.8 Å². The molecule has 9 nitrogen and oxygen atoms in total. The normalized spacial score (nSPS) is 17.0. The number of aromatic nitrogens is 2. The SMILES string of the molecule is COc1ccc(CCN2C(=S)NC(=O)C2(CC(=O)Nc2cnc(OC)nc2)c2ccc(F)cc2)cc1. The van der Waals surface area contributed by atoms with Crippen LogP contribution in [0.2, 0.25) is 0 Å². The van der Waals surface area contributed by atoms with Crippen molar-refractivity contribution >= 4 is 34.8 Å². The van der Waals surface area contributed by atoms with E-state index in [1.54, 1.807) is 12.0 Å². The number of ether oxygens (including phenoxy) is 2. The van der Waals surface area contributed by atoms with Crippen LogP contribution in [0.1, 0.15) is 17.5 Å². The maximum atomic E-state index is 13.8. The van der Waals surface area contributed by atoms with Gasteiger partial charge in [0.25, 0.3) is 5.91 Å². The Morgan fingerprint density at radius 2 is 1.75 bits per heavy atom. The number of hydrogen-bond donors (Lipinski definition) is 2. The minimum Gasteiger partial charge on any atom is -0.497 e. The standard InChI is InChI=1S/C25H24FN5O4S/c1-34-20-9-3-16(4-10-20)11-12-31-24(36)30-22(33)25(31,17-5-7-18(26)8-6-17)13-21(32)29-19-14-27-23(35-2)28-15-19/h3-10,14-15H,11-13H2,1-2H3,(H,29,32)(H,30,33,36). The van der Waals surface area contributed by atoms with Gasteiger partial charge in [-0.3, -0.25) is 9.59 Å². The first-order chi connectivity index (χ1) is 17.3. The summed E-state index contributed by atoms with van der Waals surface area (Å²) in [5.74, 6) is -0.663. The average Bonchev–Trinajstić information content (AvgIpc) is 3.12. The lowest BCUT2D eigenvalue weighted by Crippen LogP contribution is -2.50. The fourth-order valence-corrected chi connectivity index (χ4v) is 4.44. The summed E-state index contributed by atoms with van der Waals surface area (Å²) in [6.45, 7) is 0.334. The quantitative estimate of drug-likeness (QED) is 0.425. The lowest BCUT2D eigenvalue weighted by Gasteiger charge is -2.36. The van der Waals surface area contributed by atoms with Crippen LogP contribution in [0.4, 0.5) is 10.1 Å². The molecule has 1 aliphatic heterocycles. The van der Waals surface area contributed by atoms with Gasteiger partial charge in [0.15, 0.2) is 10.7 Å². The number of anilines is 1. The number of rotatable bonds is 9. The van der Waals surface area contributed by atoms with Gasteiger partial charge in [-0.25, -0.2) is 14.4 Å². The Morgan fingerprint density at radius 1 is 1.08 bits per heavy atom. The van der Waals surface area contributed by atoms with Gasteiger partial charge in [0.2, 0.25) is 5.91 Å². The van der Waals surface area contributed by atoms with E-state index in [0.29, 0.717) is 24.2 Å². The molecule has 1 unspecified atom stereocenters. The van der Waals surface area contributed by atoms with E-state index in [2.05, 4.69) is 20.6 Å². The monoisotopic (exact) mass is 509 g/mol. The highest BCUT2D eigenvalue weighted by molar-refractivity contribution is 7.80. The molecule has 2 N–H and O–H groups in total. The molecule has 1 fully saturated rings. The lowest BCUT2D eigenvalue weighted by molar-refractivity contribution is -0.131. The van der Waals surface area contributed by atoms with Crippen LogP contribution >= 0.6 is 12.2 Å². The third-order valence-electron chi connectivity index (χ3n) is 5.92. The number of amides is 2. The van der Waals surface area contributed by atoms with Crippen molar-refractivity contribution in [3.63, 3.8) is 0 Å². The highest BCUT2D eigenvalue weighted by atomic mass is 32.1. The predicted molar refractivity (Wildman–Crippen MR) is 134 cm³/mol. The van der Waals surface area contributed by atoms with E-state index in [1.165, 1.54) is 43.8 Å². The van der Waals surface area contributed by atoms with Crippen molar-refractivity contribution in [1.29, 1.82) is 0 Å². The summed E-state index contributed by atoms with van der Waals surface area (Å²) in [6, 6.07) is 13.2. The zero-order valence-electron chi connectivity index (χ0n) is 19.7. The number of carbonyl (C=O) groups is 2. The Morgan fingerprint density at radius 3 is 2.36 bits per heavy atom. The van der Waals surface area contributed by atoms with Crippen LogP contribution in [0.25, 0.3) is 0 Å². The van der Waals surface area contributed by atoms with Crippen LogP contribution in [0.3, 0.4) is 0 Å². The summed E-state index contributed by atoms with van der Waals surface area (Å²) in [4.78, 5) is 36.2. The van der Waals surface area contributed by atoms with Crippen molar-refractivity contribution in [3.8, 4) is 11.8 Å². The van der Waals surface area contributed by atoms with E-state index in [1.807, 2.05) is 24.3 Å². The van der Waals surface area contributed by atoms with Crippen molar-refractivity contribution in [2.24, 2.45) is 0 Å². The van der Waals surface area contributed by atoms with Gasteiger partial charge >= 0.3 is 6.01 Å². The molecule has 11 heteroatoms. The molecule has 2 amide bonds. The second kappa shape index (κ2) is 10.6. The Balaban J connectivity index is 1.64. The van der Waals surface area contributed by atoms with E-state index in [4.69, 9.17) is 21.7 Å². The van der Waals surface area contributed by atoms with Gasteiger partial charge in [0.1, 0.15) is 11.6 Å². The van der Waals surface area contributed by atoms with E-state index < -0.39 is 23.2 Å². The first-order valence-electron chi connectivity index (χ1n) is 11.0. The maximum absolute atomic E-state index is 13.8. The summed E-state index contributed by atoms with van der Waals surface area (Å²) in [6.07, 6.45) is 3.05. The first-order valence-corrected chi connectivity index (χ1v) is 11.4. The number of halogens is 1. The molecule has 1 aromatic heterocycles. The Labute approximate surface area is 212 Å². The molecule has 0 aliphatic carbocycles. The highest BCUT2D eigenvalue weighted by Crippen LogP contribution is 2.37. The molecular formula is C25H24FN5O4S. The van der Waals surface area contributed by atoms with Gasteiger partial charge in [-0.1, -0.05) is 24.3 Å². The molecule has 0 saturated carbocycles. The van der Waals surface area contributed by atoms with Gasteiger partial charge in [-0.15, -0.1) is 0 Å². The second-order valence-electron chi connectivity index (χ2n) is 8.06. The third-order valence-corrected chi connectivity index (χ3v) is 6.24. The first kappa shape index (κ1) is 25.0. The van der Waals surface area contributed by atoms with Crippen molar-refractivity contribution in [2.75, 3.05) is 26.1 Å². The Kier molecular flexibility index (Phi) is 7.39. The largest absolute Gasteiger partial charge is 0.497 e. The predicted octanol–water partition coefficient (Wildman–Crippen LogP) is 2.82. The maximum Gasteiger partial charge on any atom is 0.316 e. The molecule has 3 aromatic rings. The summed E-state index contributed by atoms with van der Waals surface area (Å²) >= 11 is 5.49. The van der Waals surface area contributed by atoms with Gasteiger partial charge in [0, 0.05) is 6.54 Å². The van der Waals surface area contributed by atoms with E-state index >= 15 is 0 Å². The summed E-state index contributed by atoms with van der Waals surface area (Å²) in [5.41, 5.74) is 0.290. The molecule has 1 saturated heterocycles. The smallest absolute Gasteiger partial charge is 0.316 e. The third kappa shape index (κ3) is 5.10. The molecule has 1 atom stereocenters. The number of hydrogen-bond acceptors (Lipinski definition) is 7. The zero-order valence-corrected chi connectivity index (χ0v) is 20.5. The minimum atomic E-state index is -1.48. The van der Waals surface area contributed by atoms with Crippen LogP contribution < -0.4 is 20.1 Å². The topological polar surface area (TPSA) is 106 Å². The van der Waals surface area contributed by atoms with Crippen LogP contribution in [0, 0.1) is 5.82 Å². The van der Waals surface area contributed by atoms with E-state index in [9.17, 15) is 14.0 Å². The summed E-state index contributed by atoms with van der Waals surface area (Å²) < 4.78 is 23.9. The lowest BCUT2D eigenvalue weighted by atomic mass is 9.84. The van der Waals surface area contributed by atoms with Crippen molar-refractivity contribution in [1.82, 2.24) is 20.2 Å². The number of nitrogens with one attached hydrogen (secondary N) is 2. The van der Waals surface area contributed by atoms with E-state index in [0.717, 1.165) is 11.3 Å². The van der Waals surface area contributed by atoms with Crippen LogP contribution in [0.15, 0.2) is 60.9 Å². The molecule has 0 spiro atoms. The number of methoxy groups -OCH3 is 2. The van der Waals surface area contributed by atoms with Crippen LogP contribution in [-0.2, 0) is 21.5 Å². The van der Waals surface area contributed by atoms with Gasteiger partial charge in [-0.2, -0.15) is 0 Å². The van der Waals surface area contributed by atoms with Gasteiger partial charge in [0.05, 0.1) is 38.7 Å². The number of thiocarbonyl (C=S) groups is 1. The summed E-state index contributed by atoms with van der Waals surface area (Å²) in [5, 5.41) is 5.60. The molecule has 2 heterocycles. The van der Waals surface area contributed by atoms with Gasteiger partial charge in [-0.05, 0) is 54.0 Å². The molecular weight excluding hydrogens is 485 g/mol. The van der Waals surface area contributed by atoms with Crippen molar-refractivity contribution in [3.05, 3.63) is 77.9 Å². The van der Waals surface area contributed by atoms with Gasteiger partial charge < -0.3 is 25.0 Å². The average molecular weight is 510 g/mol. The molecule has 1 aliphatic rings. The fraction of sp³-hybridized carbons (Fsp3) is 0.240. The van der Waals surface area contributed by atoms with Crippen molar-refractivity contribution < 1.29 is 23.5 Å². The molecule has 0 radical (unpaired) electrons. The molecule has 0 bridgehead atoms. The second-order valence-corrected chi connectivity index (χ2v) is 8.45. The minimum absolute atomic E-state index is 0.154. The van der Waals surface area contributed by atoms with E-state index in [-0.39, 0.29) is 17.5 Å². The number of nitrogens with zero attached hydrogens (tertiary/aromatic N) is 3. The molecule has 36 heavy (non-hydrogen) atoms. The number of carbonyl (C=O) groups excluding carboxylic acids is 2. The Hall–Kier alpha value is -4.12. The summed E-state index contributed by atoms with van der Waals surface area (Å²) in [7, 11) is 3.03.